The predicted molar refractivity (Wildman–Crippen MR) is 91.9 cm³/mol. The number of nitrogens with zero attached hydrogens (tertiary/aromatic N) is 3. The zero-order chi connectivity index (χ0) is 16.4. The Morgan fingerprint density at radius 2 is 2.17 bits per heavy atom. The molecule has 2 heterocycles. The highest BCUT2D eigenvalue weighted by atomic mass is 32.1. The minimum atomic E-state index is -0.157. The zero-order valence-electron chi connectivity index (χ0n) is 13.8. The molecule has 0 aromatic carbocycles. The number of ketones is 2. The number of piperidine rings is 1. The standard InChI is InChI=1S/C17H23N3O2S/c1-11-6-3-4-8-20(11)9-5-7-18-13-10-14(21)17-15(16(13)22)19-12(2)23-17/h11H,3-10H2,1-2H3. The van der Waals surface area contributed by atoms with E-state index in [2.05, 4.69) is 21.8 Å². The summed E-state index contributed by atoms with van der Waals surface area (Å²) in [5, 5.41) is 0.761. The van der Waals surface area contributed by atoms with E-state index in [0.717, 1.165) is 24.5 Å². The van der Waals surface area contributed by atoms with E-state index >= 15 is 0 Å². The van der Waals surface area contributed by atoms with Gasteiger partial charge in [0.1, 0.15) is 10.6 Å². The Morgan fingerprint density at radius 1 is 1.35 bits per heavy atom. The second-order valence-corrected chi connectivity index (χ2v) is 7.61. The highest BCUT2D eigenvalue weighted by molar-refractivity contribution is 7.14. The Bertz CT molecular complexity index is 650. The van der Waals surface area contributed by atoms with E-state index in [1.54, 1.807) is 0 Å². The summed E-state index contributed by atoms with van der Waals surface area (Å²) < 4.78 is 0. The van der Waals surface area contributed by atoms with Crippen LogP contribution in [-0.4, -0.2) is 52.8 Å². The Morgan fingerprint density at radius 3 is 2.96 bits per heavy atom. The van der Waals surface area contributed by atoms with E-state index in [-0.39, 0.29) is 18.0 Å². The van der Waals surface area contributed by atoms with Gasteiger partial charge < -0.3 is 4.90 Å². The number of aromatic nitrogens is 1. The van der Waals surface area contributed by atoms with Gasteiger partial charge in [0.15, 0.2) is 5.78 Å². The van der Waals surface area contributed by atoms with Gasteiger partial charge in [-0.15, -0.1) is 11.3 Å². The van der Waals surface area contributed by atoms with Crippen LogP contribution in [-0.2, 0) is 0 Å². The van der Waals surface area contributed by atoms with E-state index in [9.17, 15) is 9.59 Å². The highest BCUT2D eigenvalue weighted by Crippen LogP contribution is 2.25. The molecule has 6 heteroatoms. The first-order chi connectivity index (χ1) is 11.1. The maximum Gasteiger partial charge on any atom is 0.227 e. The first-order valence-electron chi connectivity index (χ1n) is 8.39. The maximum atomic E-state index is 12.4. The molecule has 1 aliphatic carbocycles. The van der Waals surface area contributed by atoms with Crippen LogP contribution in [0.5, 0.6) is 0 Å². The number of hydrogen-bond acceptors (Lipinski definition) is 6. The van der Waals surface area contributed by atoms with Gasteiger partial charge in [-0.05, 0) is 39.7 Å². The lowest BCUT2D eigenvalue weighted by Gasteiger charge is -2.33. The molecule has 1 unspecified atom stereocenters. The second kappa shape index (κ2) is 7.01. The van der Waals surface area contributed by atoms with Crippen LogP contribution in [0.2, 0.25) is 0 Å². The van der Waals surface area contributed by atoms with Crippen molar-refractivity contribution in [3.8, 4) is 0 Å². The summed E-state index contributed by atoms with van der Waals surface area (Å²) in [7, 11) is 0. The Kier molecular flexibility index (Phi) is 5.02. The number of rotatable bonds is 4. The monoisotopic (exact) mass is 333 g/mol. The summed E-state index contributed by atoms with van der Waals surface area (Å²) in [5.41, 5.74) is 0.701. The number of hydrogen-bond donors (Lipinski definition) is 0. The lowest BCUT2D eigenvalue weighted by atomic mass is 9.98. The fourth-order valence-electron chi connectivity index (χ4n) is 3.32. The van der Waals surface area contributed by atoms with E-state index in [0.29, 0.717) is 28.9 Å². The smallest absolute Gasteiger partial charge is 0.227 e. The van der Waals surface area contributed by atoms with Gasteiger partial charge in [0.2, 0.25) is 5.78 Å². The average molecular weight is 333 g/mol. The fourth-order valence-corrected chi connectivity index (χ4v) is 4.18. The molecule has 0 radical (unpaired) electrons. The molecule has 23 heavy (non-hydrogen) atoms. The molecule has 0 spiro atoms. The molecule has 124 valence electrons. The Labute approximate surface area is 140 Å². The van der Waals surface area contributed by atoms with Gasteiger partial charge in [0.25, 0.3) is 0 Å². The van der Waals surface area contributed by atoms with E-state index in [4.69, 9.17) is 0 Å². The molecule has 0 amide bonds. The quantitative estimate of drug-likeness (QED) is 0.795. The first-order valence-corrected chi connectivity index (χ1v) is 9.20. The van der Waals surface area contributed by atoms with Gasteiger partial charge in [-0.3, -0.25) is 14.6 Å². The van der Waals surface area contributed by atoms with Crippen molar-refractivity contribution in [1.29, 1.82) is 0 Å². The molecule has 1 saturated heterocycles. The molecular weight excluding hydrogens is 310 g/mol. The van der Waals surface area contributed by atoms with Crippen LogP contribution in [0.4, 0.5) is 0 Å². The number of aryl methyl sites for hydroxylation is 1. The number of Topliss-reactive ketones (excluding diaryl/α,β-unsaturated/α-hetero) is 2. The summed E-state index contributed by atoms with van der Waals surface area (Å²) in [4.78, 5) is 36.1. The van der Waals surface area contributed by atoms with Gasteiger partial charge in [-0.25, -0.2) is 4.98 Å². The summed E-state index contributed by atoms with van der Waals surface area (Å²) in [6.45, 7) is 6.88. The van der Waals surface area contributed by atoms with Crippen molar-refractivity contribution in [2.45, 2.75) is 52.0 Å². The molecule has 1 atom stereocenters. The van der Waals surface area contributed by atoms with Gasteiger partial charge in [-0.2, -0.15) is 0 Å². The third-order valence-corrected chi connectivity index (χ3v) is 5.65. The van der Waals surface area contributed by atoms with Crippen molar-refractivity contribution in [1.82, 2.24) is 9.88 Å². The number of aliphatic imine (C=N–C) groups is 1. The van der Waals surface area contributed by atoms with E-state index in [1.807, 2.05) is 6.92 Å². The number of thiazole rings is 1. The molecule has 0 bridgehead atoms. The molecule has 1 aliphatic heterocycles. The molecule has 5 nitrogen and oxygen atoms in total. The number of carbonyl (C=O) groups excluding carboxylic acids is 2. The predicted octanol–water partition coefficient (Wildman–Crippen LogP) is 2.93. The molecule has 3 rings (SSSR count). The highest BCUT2D eigenvalue weighted by Gasteiger charge is 2.32. The molecule has 0 N–H and O–H groups in total. The van der Waals surface area contributed by atoms with Crippen LogP contribution in [0.3, 0.4) is 0 Å². The van der Waals surface area contributed by atoms with Crippen LogP contribution >= 0.6 is 11.3 Å². The summed E-state index contributed by atoms with van der Waals surface area (Å²) in [5.74, 6) is -0.177. The SMILES string of the molecule is Cc1nc2c(s1)C(=O)CC(=NCCCN1CCCCC1C)C2=O. The van der Waals surface area contributed by atoms with Gasteiger partial charge in [0.05, 0.1) is 17.1 Å². The molecule has 1 aromatic heterocycles. The van der Waals surface area contributed by atoms with Crippen molar-refractivity contribution in [3.05, 3.63) is 15.6 Å². The van der Waals surface area contributed by atoms with E-state index < -0.39 is 0 Å². The summed E-state index contributed by atoms with van der Waals surface area (Å²) in [6.07, 6.45) is 4.93. The number of carbonyl (C=O) groups is 2. The van der Waals surface area contributed by atoms with Gasteiger partial charge in [-0.1, -0.05) is 6.42 Å². The van der Waals surface area contributed by atoms with Gasteiger partial charge in [0, 0.05) is 19.1 Å². The molecule has 1 aromatic rings. The van der Waals surface area contributed by atoms with Crippen LogP contribution in [0.1, 0.15) is 64.2 Å². The third kappa shape index (κ3) is 3.58. The normalized spacial score (nSPS) is 24.3. The minimum Gasteiger partial charge on any atom is -0.301 e. The van der Waals surface area contributed by atoms with Crippen LogP contribution in [0, 0.1) is 6.92 Å². The molecule has 2 aliphatic rings. The largest absolute Gasteiger partial charge is 0.301 e. The number of fused-ring (bicyclic) bond motifs is 1. The summed E-state index contributed by atoms with van der Waals surface area (Å²) >= 11 is 1.31. The van der Waals surface area contributed by atoms with Crippen molar-refractivity contribution >= 4 is 28.6 Å². The third-order valence-electron chi connectivity index (χ3n) is 4.64. The van der Waals surface area contributed by atoms with Crippen LogP contribution < -0.4 is 0 Å². The lowest BCUT2D eigenvalue weighted by Crippen LogP contribution is -2.38. The van der Waals surface area contributed by atoms with Crippen molar-refractivity contribution < 1.29 is 9.59 Å². The zero-order valence-corrected chi connectivity index (χ0v) is 14.6. The minimum absolute atomic E-state index is 0.0198. The number of likely N-dealkylation sites (tertiary alicyclic amines) is 1. The molecule has 0 saturated carbocycles. The maximum absolute atomic E-state index is 12.4. The van der Waals surface area contributed by atoms with Crippen LogP contribution in [0.15, 0.2) is 4.99 Å². The van der Waals surface area contributed by atoms with Crippen molar-refractivity contribution in [2.75, 3.05) is 19.6 Å². The van der Waals surface area contributed by atoms with E-state index in [1.165, 1.54) is 30.6 Å². The average Bonchev–Trinajstić information content (AvgIpc) is 2.93. The summed E-state index contributed by atoms with van der Waals surface area (Å²) in [6, 6.07) is 0.648. The molecular formula is C17H23N3O2S. The second-order valence-electron chi connectivity index (χ2n) is 6.40. The Hall–Kier alpha value is -1.40. The topological polar surface area (TPSA) is 62.6 Å². The fraction of sp³-hybridized carbons (Fsp3) is 0.647. The Balaban J connectivity index is 1.58. The molecule has 1 fully saturated rings. The van der Waals surface area contributed by atoms with Gasteiger partial charge >= 0.3 is 0 Å². The van der Waals surface area contributed by atoms with Crippen LogP contribution in [0.25, 0.3) is 0 Å². The van der Waals surface area contributed by atoms with Crippen molar-refractivity contribution in [3.63, 3.8) is 0 Å². The lowest BCUT2D eigenvalue weighted by molar-refractivity contribution is 0.0966. The van der Waals surface area contributed by atoms with Crippen molar-refractivity contribution in [2.24, 2.45) is 4.99 Å². The first kappa shape index (κ1) is 16.5.